The molecule has 1 aliphatic heterocycles. The van der Waals surface area contributed by atoms with Crippen LogP contribution < -0.4 is 5.73 Å². The first kappa shape index (κ1) is 12.0. The fourth-order valence-corrected chi connectivity index (χ4v) is 2.27. The van der Waals surface area contributed by atoms with Crippen molar-refractivity contribution in [1.82, 2.24) is 9.88 Å². The molecular weight excluding hydrogens is 214 g/mol. The summed E-state index contributed by atoms with van der Waals surface area (Å²) in [7, 11) is 0. The third-order valence-corrected chi connectivity index (χ3v) is 3.32. The third kappa shape index (κ3) is 2.64. The lowest BCUT2D eigenvalue weighted by Crippen LogP contribution is -2.47. The van der Waals surface area contributed by atoms with E-state index in [4.69, 9.17) is 5.73 Å². The molecule has 4 nitrogen and oxygen atoms in total. The molecular formula is C13H19N3O. The Kier molecular flexibility index (Phi) is 3.74. The highest BCUT2D eigenvalue weighted by Crippen LogP contribution is 2.18. The molecule has 0 bridgehead atoms. The quantitative estimate of drug-likeness (QED) is 0.838. The Hall–Kier alpha value is -1.42. The second-order valence-corrected chi connectivity index (χ2v) is 4.57. The third-order valence-electron chi connectivity index (χ3n) is 3.32. The molecule has 1 aromatic rings. The van der Waals surface area contributed by atoms with Crippen molar-refractivity contribution in [2.45, 2.75) is 32.2 Å². The lowest BCUT2D eigenvalue weighted by atomic mass is 10.0. The van der Waals surface area contributed by atoms with E-state index in [2.05, 4.69) is 4.98 Å². The van der Waals surface area contributed by atoms with Crippen LogP contribution in [0.15, 0.2) is 18.3 Å². The van der Waals surface area contributed by atoms with Crippen molar-refractivity contribution in [1.29, 1.82) is 0 Å². The van der Waals surface area contributed by atoms with Gasteiger partial charge in [0.2, 0.25) is 0 Å². The van der Waals surface area contributed by atoms with Crippen LogP contribution in [0.2, 0.25) is 0 Å². The highest BCUT2D eigenvalue weighted by molar-refractivity contribution is 5.94. The zero-order chi connectivity index (χ0) is 12.3. The van der Waals surface area contributed by atoms with Crippen molar-refractivity contribution in [2.75, 3.05) is 13.1 Å². The zero-order valence-corrected chi connectivity index (χ0v) is 10.2. The van der Waals surface area contributed by atoms with Crippen LogP contribution in [-0.4, -0.2) is 34.9 Å². The largest absolute Gasteiger partial charge is 0.334 e. The molecule has 1 amide bonds. The van der Waals surface area contributed by atoms with E-state index in [-0.39, 0.29) is 11.9 Å². The van der Waals surface area contributed by atoms with Crippen molar-refractivity contribution in [3.8, 4) is 0 Å². The lowest BCUT2D eigenvalue weighted by Gasteiger charge is -2.35. The van der Waals surface area contributed by atoms with Gasteiger partial charge in [0.1, 0.15) is 0 Å². The van der Waals surface area contributed by atoms with Gasteiger partial charge in [-0.3, -0.25) is 9.78 Å². The van der Waals surface area contributed by atoms with Crippen LogP contribution in [0.5, 0.6) is 0 Å². The summed E-state index contributed by atoms with van der Waals surface area (Å²) in [6.07, 6.45) is 4.90. The topological polar surface area (TPSA) is 59.2 Å². The van der Waals surface area contributed by atoms with Crippen LogP contribution in [0.1, 0.15) is 35.3 Å². The molecule has 0 radical (unpaired) electrons. The van der Waals surface area contributed by atoms with Crippen molar-refractivity contribution in [2.24, 2.45) is 5.73 Å². The summed E-state index contributed by atoms with van der Waals surface area (Å²) in [5.74, 6) is 0.0626. The van der Waals surface area contributed by atoms with Gasteiger partial charge in [0, 0.05) is 31.0 Å². The minimum Gasteiger partial charge on any atom is -0.334 e. The van der Waals surface area contributed by atoms with Crippen molar-refractivity contribution in [3.05, 3.63) is 29.6 Å². The normalized spacial score (nSPS) is 20.4. The van der Waals surface area contributed by atoms with Gasteiger partial charge in [-0.15, -0.1) is 0 Å². The first-order valence-electron chi connectivity index (χ1n) is 6.16. The first-order chi connectivity index (χ1) is 8.22. The number of aromatic nitrogens is 1. The molecule has 0 saturated carbocycles. The summed E-state index contributed by atoms with van der Waals surface area (Å²) >= 11 is 0. The number of carbonyl (C=O) groups excluding carboxylic acids is 1. The fourth-order valence-electron chi connectivity index (χ4n) is 2.27. The van der Waals surface area contributed by atoms with Gasteiger partial charge in [-0.2, -0.15) is 0 Å². The molecule has 1 fully saturated rings. The SMILES string of the molecule is Cc1ccc(C(=O)N2CCCCC2CN)cn1. The number of aryl methyl sites for hydroxylation is 1. The van der Waals surface area contributed by atoms with Crippen molar-refractivity contribution < 1.29 is 4.79 Å². The minimum absolute atomic E-state index is 0.0626. The Labute approximate surface area is 102 Å². The summed E-state index contributed by atoms with van der Waals surface area (Å²) in [4.78, 5) is 18.4. The number of rotatable bonds is 2. The number of amides is 1. The highest BCUT2D eigenvalue weighted by atomic mass is 16.2. The summed E-state index contributed by atoms with van der Waals surface area (Å²) < 4.78 is 0. The predicted octanol–water partition coefficient (Wildman–Crippen LogP) is 1.34. The van der Waals surface area contributed by atoms with Crippen molar-refractivity contribution in [3.63, 3.8) is 0 Å². The van der Waals surface area contributed by atoms with Crippen LogP contribution in [-0.2, 0) is 0 Å². The molecule has 0 spiro atoms. The summed E-state index contributed by atoms with van der Waals surface area (Å²) in [5, 5.41) is 0. The molecule has 4 heteroatoms. The number of hydrogen-bond donors (Lipinski definition) is 1. The molecule has 1 aliphatic rings. The number of pyridine rings is 1. The van der Waals surface area contributed by atoms with Gasteiger partial charge in [-0.05, 0) is 38.3 Å². The highest BCUT2D eigenvalue weighted by Gasteiger charge is 2.26. The molecule has 1 saturated heterocycles. The van der Waals surface area contributed by atoms with Crippen LogP contribution in [0, 0.1) is 6.92 Å². The number of likely N-dealkylation sites (tertiary alicyclic amines) is 1. The number of carbonyl (C=O) groups is 1. The number of nitrogens with two attached hydrogens (primary N) is 1. The van der Waals surface area contributed by atoms with Gasteiger partial charge in [0.05, 0.1) is 5.56 Å². The summed E-state index contributed by atoms with van der Waals surface area (Å²) in [6, 6.07) is 3.90. The molecule has 0 aromatic carbocycles. The van der Waals surface area contributed by atoms with E-state index in [1.807, 2.05) is 24.0 Å². The second-order valence-electron chi connectivity index (χ2n) is 4.57. The molecule has 2 heterocycles. The van der Waals surface area contributed by atoms with E-state index >= 15 is 0 Å². The van der Waals surface area contributed by atoms with E-state index in [1.54, 1.807) is 6.20 Å². The van der Waals surface area contributed by atoms with E-state index in [0.29, 0.717) is 12.1 Å². The molecule has 1 unspecified atom stereocenters. The van der Waals surface area contributed by atoms with E-state index in [0.717, 1.165) is 31.5 Å². The molecule has 2 N–H and O–H groups in total. The van der Waals surface area contributed by atoms with Crippen LogP contribution >= 0.6 is 0 Å². The smallest absolute Gasteiger partial charge is 0.255 e. The Morgan fingerprint density at radius 1 is 1.53 bits per heavy atom. The van der Waals surface area contributed by atoms with E-state index in [9.17, 15) is 4.79 Å². The number of nitrogens with zero attached hydrogens (tertiary/aromatic N) is 2. The maximum atomic E-state index is 12.3. The summed E-state index contributed by atoms with van der Waals surface area (Å²) in [5.41, 5.74) is 7.31. The molecule has 0 aliphatic carbocycles. The summed E-state index contributed by atoms with van der Waals surface area (Å²) in [6.45, 7) is 3.28. The van der Waals surface area contributed by atoms with Gasteiger partial charge in [0.15, 0.2) is 0 Å². The molecule has 1 aromatic heterocycles. The predicted molar refractivity (Wildman–Crippen MR) is 66.7 cm³/mol. The van der Waals surface area contributed by atoms with Crippen LogP contribution in [0.3, 0.4) is 0 Å². The van der Waals surface area contributed by atoms with Gasteiger partial charge in [0.25, 0.3) is 5.91 Å². The van der Waals surface area contributed by atoms with E-state index < -0.39 is 0 Å². The van der Waals surface area contributed by atoms with Gasteiger partial charge in [-0.1, -0.05) is 0 Å². The van der Waals surface area contributed by atoms with Crippen LogP contribution in [0.4, 0.5) is 0 Å². The average molecular weight is 233 g/mol. The maximum Gasteiger partial charge on any atom is 0.255 e. The minimum atomic E-state index is 0.0626. The van der Waals surface area contributed by atoms with Gasteiger partial charge in [-0.25, -0.2) is 0 Å². The Bertz CT molecular complexity index is 388. The van der Waals surface area contributed by atoms with Gasteiger partial charge >= 0.3 is 0 Å². The molecule has 1 atom stereocenters. The molecule has 17 heavy (non-hydrogen) atoms. The Morgan fingerprint density at radius 3 is 3.00 bits per heavy atom. The standard InChI is InChI=1S/C13H19N3O/c1-10-5-6-11(9-15-10)13(17)16-7-3-2-4-12(16)8-14/h5-6,9,12H,2-4,7-8,14H2,1H3. The fraction of sp³-hybridized carbons (Fsp3) is 0.538. The lowest BCUT2D eigenvalue weighted by molar-refractivity contribution is 0.0623. The Balaban J connectivity index is 2.15. The Morgan fingerprint density at radius 2 is 2.35 bits per heavy atom. The van der Waals surface area contributed by atoms with Crippen molar-refractivity contribution >= 4 is 5.91 Å². The maximum absolute atomic E-state index is 12.3. The zero-order valence-electron chi connectivity index (χ0n) is 10.2. The monoisotopic (exact) mass is 233 g/mol. The molecule has 2 rings (SSSR count). The molecule has 92 valence electrons. The second kappa shape index (κ2) is 5.27. The first-order valence-corrected chi connectivity index (χ1v) is 6.16. The van der Waals surface area contributed by atoms with Gasteiger partial charge < -0.3 is 10.6 Å². The number of piperidine rings is 1. The van der Waals surface area contributed by atoms with Crippen LogP contribution in [0.25, 0.3) is 0 Å². The average Bonchev–Trinajstić information content (AvgIpc) is 2.39. The van der Waals surface area contributed by atoms with E-state index in [1.165, 1.54) is 0 Å². The number of hydrogen-bond acceptors (Lipinski definition) is 3.